The van der Waals surface area contributed by atoms with Crippen LogP contribution in [0.3, 0.4) is 0 Å². The van der Waals surface area contributed by atoms with E-state index < -0.39 is 23.3 Å². The molecule has 0 amide bonds. The Balaban J connectivity index is 1.25. The Hall–Kier alpha value is -3.03. The number of alkyl halides is 1. The molecule has 0 radical (unpaired) electrons. The molecule has 1 N–H and O–H groups in total. The van der Waals surface area contributed by atoms with Gasteiger partial charge in [0.15, 0.2) is 0 Å². The number of rotatable bonds is 8. The number of fused-ring (bicyclic) bond motifs is 1. The lowest BCUT2D eigenvalue weighted by molar-refractivity contribution is 0.0970. The molecular weight excluding hydrogens is 549 g/mol. The average Bonchev–Trinajstić information content (AvgIpc) is 3.20. The van der Waals surface area contributed by atoms with Gasteiger partial charge in [-0.3, -0.25) is 4.90 Å². The van der Waals surface area contributed by atoms with Crippen molar-refractivity contribution in [2.24, 2.45) is 5.41 Å². The van der Waals surface area contributed by atoms with Crippen LogP contribution in [-0.4, -0.2) is 42.9 Å². The third-order valence-corrected chi connectivity index (χ3v) is 9.45. The lowest BCUT2D eigenvalue weighted by Crippen LogP contribution is -2.43. The quantitative estimate of drug-likeness (QED) is 0.288. The van der Waals surface area contributed by atoms with Crippen LogP contribution in [0.2, 0.25) is 0 Å². The van der Waals surface area contributed by atoms with E-state index in [9.17, 15) is 4.39 Å². The summed E-state index contributed by atoms with van der Waals surface area (Å²) in [6.45, 7) is 6.02. The van der Waals surface area contributed by atoms with Gasteiger partial charge < -0.3 is 14.8 Å². The second-order valence-electron chi connectivity index (χ2n) is 13.4. The summed E-state index contributed by atoms with van der Waals surface area (Å²) in [5.74, 6) is -0.398. The van der Waals surface area contributed by atoms with Gasteiger partial charge in [-0.2, -0.15) is 0 Å². The van der Waals surface area contributed by atoms with Crippen LogP contribution >= 0.6 is 0 Å². The van der Waals surface area contributed by atoms with Gasteiger partial charge in [0.2, 0.25) is 0 Å². The number of hydrogen-bond donors (Lipinski definition) is 1. The van der Waals surface area contributed by atoms with Gasteiger partial charge >= 0.3 is 0 Å². The first-order valence-corrected chi connectivity index (χ1v) is 15.8. The number of nitrogens with one attached hydrogen (secondary N) is 1. The van der Waals surface area contributed by atoms with Crippen molar-refractivity contribution in [2.45, 2.75) is 83.2 Å². The lowest BCUT2D eigenvalue weighted by Gasteiger charge is -2.40. The van der Waals surface area contributed by atoms with Crippen molar-refractivity contribution in [3.63, 3.8) is 0 Å². The molecule has 3 aromatic carbocycles. The summed E-state index contributed by atoms with van der Waals surface area (Å²) in [6, 6.07) is 17.5. The zero-order valence-corrected chi connectivity index (χ0v) is 25.3. The van der Waals surface area contributed by atoms with Crippen molar-refractivity contribution in [1.29, 1.82) is 0 Å². The average molecular weight is 593 g/mol. The van der Waals surface area contributed by atoms with Gasteiger partial charge in [0.25, 0.3) is 0 Å². The van der Waals surface area contributed by atoms with E-state index in [2.05, 4.69) is 5.32 Å². The number of benzene rings is 3. The lowest BCUT2D eigenvalue weighted by atomic mass is 9.79. The summed E-state index contributed by atoms with van der Waals surface area (Å²) in [7, 11) is 0. The molecule has 2 aliphatic heterocycles. The molecule has 3 unspecified atom stereocenters. The fourth-order valence-electron chi connectivity index (χ4n) is 7.46. The van der Waals surface area contributed by atoms with Crippen LogP contribution in [0.25, 0.3) is 0 Å². The Morgan fingerprint density at radius 2 is 1.74 bits per heavy atom. The summed E-state index contributed by atoms with van der Waals surface area (Å²) in [4.78, 5) is 1.86. The molecule has 1 saturated carbocycles. The Labute approximate surface area is 253 Å². The fourth-order valence-corrected chi connectivity index (χ4v) is 7.46. The van der Waals surface area contributed by atoms with E-state index in [1.807, 2.05) is 53.4 Å². The number of hydrogen-bond acceptors (Lipinski definition) is 4. The minimum atomic E-state index is -1.53. The molecule has 2 heterocycles. The molecule has 0 aromatic heterocycles. The van der Waals surface area contributed by atoms with E-state index in [1.165, 1.54) is 32.4 Å². The zero-order chi connectivity index (χ0) is 30.0. The van der Waals surface area contributed by atoms with Gasteiger partial charge in [-0.1, -0.05) is 36.4 Å². The maximum absolute atomic E-state index is 16.0. The smallest absolute Gasteiger partial charge is 0.134 e. The maximum Gasteiger partial charge on any atom is 0.134 e. The van der Waals surface area contributed by atoms with E-state index in [1.54, 1.807) is 0 Å². The predicted molar refractivity (Wildman–Crippen MR) is 163 cm³/mol. The van der Waals surface area contributed by atoms with Crippen LogP contribution in [0, 0.1) is 17.0 Å². The highest BCUT2D eigenvalue weighted by Gasteiger charge is 2.41. The van der Waals surface area contributed by atoms with Crippen LogP contribution in [0.1, 0.15) is 80.7 Å². The van der Waals surface area contributed by atoms with Crippen molar-refractivity contribution in [3.05, 3.63) is 94.6 Å². The largest absolute Gasteiger partial charge is 0.490 e. The van der Waals surface area contributed by atoms with Crippen LogP contribution < -0.4 is 14.8 Å². The molecule has 1 spiro atoms. The molecule has 0 bridgehead atoms. The molecule has 3 atom stereocenters. The van der Waals surface area contributed by atoms with Crippen molar-refractivity contribution in [1.82, 2.24) is 10.2 Å². The van der Waals surface area contributed by atoms with E-state index in [0.29, 0.717) is 25.3 Å². The molecule has 1 saturated heterocycles. The van der Waals surface area contributed by atoms with Gasteiger partial charge in [-0.05, 0) is 106 Å². The summed E-state index contributed by atoms with van der Waals surface area (Å²) in [5, 5.41) is 3.48. The van der Waals surface area contributed by atoms with E-state index in [0.717, 1.165) is 61.9 Å². The first-order chi connectivity index (χ1) is 20.7. The molecular formula is C36H43F3N2O2. The van der Waals surface area contributed by atoms with E-state index >= 15 is 8.78 Å². The standard InChI is InChI=1S/C36H43F3N2O2/c1-35(2,39)24-41-18-12-26-19-27(42-23-25-7-4-3-5-8-25)9-10-30(26)34(41)33-31(37)20-29(21-32(33)38)43-28-11-14-36(22-28)13-6-16-40-17-15-36/h3-5,7-10,19-21,28,34,40H,6,11-18,22-24H2,1-2H3. The fraction of sp³-hybridized carbons (Fsp3) is 0.500. The first kappa shape index (κ1) is 30.0. The van der Waals surface area contributed by atoms with Crippen molar-refractivity contribution >= 4 is 0 Å². The summed E-state index contributed by atoms with van der Waals surface area (Å²) >= 11 is 0. The Morgan fingerprint density at radius 3 is 2.51 bits per heavy atom. The molecule has 7 heteroatoms. The molecule has 43 heavy (non-hydrogen) atoms. The Morgan fingerprint density at radius 1 is 0.953 bits per heavy atom. The minimum Gasteiger partial charge on any atom is -0.490 e. The molecule has 4 nitrogen and oxygen atoms in total. The molecule has 230 valence electrons. The SMILES string of the molecule is CC(C)(F)CN1CCc2cc(OCc3ccccc3)ccc2C1c1c(F)cc(OC2CCC3(CCCNCC3)C2)cc1F. The Kier molecular flexibility index (Phi) is 8.74. The molecule has 1 aliphatic carbocycles. The second-order valence-corrected chi connectivity index (χ2v) is 13.4. The van der Waals surface area contributed by atoms with E-state index in [-0.39, 0.29) is 29.4 Å². The molecule has 2 fully saturated rings. The third-order valence-electron chi connectivity index (χ3n) is 9.45. The topological polar surface area (TPSA) is 33.7 Å². The number of nitrogens with zero attached hydrogens (tertiary/aromatic N) is 1. The minimum absolute atomic E-state index is 0.0451. The van der Waals surface area contributed by atoms with E-state index in [4.69, 9.17) is 9.47 Å². The summed E-state index contributed by atoms with van der Waals surface area (Å²) < 4.78 is 59.2. The van der Waals surface area contributed by atoms with Gasteiger partial charge in [0.05, 0.1) is 12.1 Å². The van der Waals surface area contributed by atoms with Crippen LogP contribution in [-0.2, 0) is 13.0 Å². The van der Waals surface area contributed by atoms with Gasteiger partial charge in [0.1, 0.15) is 35.4 Å². The summed E-state index contributed by atoms with van der Waals surface area (Å²) in [5.41, 5.74) is 1.45. The third kappa shape index (κ3) is 7.04. The van der Waals surface area contributed by atoms with Crippen LogP contribution in [0.15, 0.2) is 60.7 Å². The highest BCUT2D eigenvalue weighted by atomic mass is 19.1. The monoisotopic (exact) mass is 592 g/mol. The molecule has 6 rings (SSSR count). The second kappa shape index (κ2) is 12.5. The molecule has 3 aromatic rings. The van der Waals surface area contributed by atoms with Crippen molar-refractivity contribution in [3.8, 4) is 11.5 Å². The highest BCUT2D eigenvalue weighted by Crippen LogP contribution is 2.47. The first-order valence-electron chi connectivity index (χ1n) is 15.8. The van der Waals surface area contributed by atoms with Crippen molar-refractivity contribution in [2.75, 3.05) is 26.2 Å². The normalized spacial score (nSPS) is 24.5. The Bertz CT molecular complexity index is 1380. The maximum atomic E-state index is 16.0. The number of halogens is 3. The number of ether oxygens (including phenoxy) is 2. The molecule has 3 aliphatic rings. The van der Waals surface area contributed by atoms with Crippen LogP contribution in [0.5, 0.6) is 11.5 Å². The predicted octanol–water partition coefficient (Wildman–Crippen LogP) is 7.93. The zero-order valence-electron chi connectivity index (χ0n) is 25.3. The van der Waals surface area contributed by atoms with Crippen LogP contribution in [0.4, 0.5) is 13.2 Å². The van der Waals surface area contributed by atoms with Gasteiger partial charge in [0, 0.05) is 30.8 Å². The summed E-state index contributed by atoms with van der Waals surface area (Å²) in [6.07, 6.45) is 6.94. The van der Waals surface area contributed by atoms with Gasteiger partial charge in [-0.25, -0.2) is 13.2 Å². The van der Waals surface area contributed by atoms with Crippen molar-refractivity contribution < 1.29 is 22.6 Å². The highest BCUT2D eigenvalue weighted by molar-refractivity contribution is 5.46. The van der Waals surface area contributed by atoms with Gasteiger partial charge in [-0.15, -0.1) is 0 Å².